The van der Waals surface area contributed by atoms with Gasteiger partial charge in [0.25, 0.3) is 5.91 Å². The van der Waals surface area contributed by atoms with Gasteiger partial charge in [0.2, 0.25) is 12.7 Å². The number of benzene rings is 1. The Hall–Kier alpha value is -2.80. The van der Waals surface area contributed by atoms with Crippen molar-refractivity contribution in [3.05, 3.63) is 45.8 Å². The minimum absolute atomic E-state index is 0.207. The second-order valence-electron chi connectivity index (χ2n) is 8.79. The summed E-state index contributed by atoms with van der Waals surface area (Å²) in [5.41, 5.74) is 8.24. The smallest absolute Gasteiger partial charge is 0.251 e. The van der Waals surface area contributed by atoms with E-state index in [2.05, 4.69) is 26.1 Å². The van der Waals surface area contributed by atoms with Gasteiger partial charge in [0.15, 0.2) is 11.5 Å². The molecule has 3 N–H and O–H groups in total. The summed E-state index contributed by atoms with van der Waals surface area (Å²) in [7, 11) is 0. The van der Waals surface area contributed by atoms with Gasteiger partial charge < -0.3 is 20.5 Å². The first kappa shape index (κ1) is 21.4. The van der Waals surface area contributed by atoms with Crippen LogP contribution in [-0.4, -0.2) is 18.6 Å². The van der Waals surface area contributed by atoms with E-state index in [1.54, 1.807) is 6.08 Å². The molecular formula is C24H28N2O4S. The summed E-state index contributed by atoms with van der Waals surface area (Å²) in [6, 6.07) is 5.48. The minimum Gasteiger partial charge on any atom is -0.454 e. The Morgan fingerprint density at radius 1 is 1.29 bits per heavy atom. The van der Waals surface area contributed by atoms with E-state index in [0.717, 1.165) is 36.8 Å². The van der Waals surface area contributed by atoms with Gasteiger partial charge in [-0.15, -0.1) is 11.3 Å². The van der Waals surface area contributed by atoms with Crippen molar-refractivity contribution in [3.8, 4) is 11.5 Å². The van der Waals surface area contributed by atoms with Gasteiger partial charge >= 0.3 is 0 Å². The fourth-order valence-corrected chi connectivity index (χ4v) is 5.57. The van der Waals surface area contributed by atoms with Crippen LogP contribution in [0.3, 0.4) is 0 Å². The average molecular weight is 441 g/mol. The number of nitrogens with one attached hydrogen (secondary N) is 1. The van der Waals surface area contributed by atoms with Crippen LogP contribution >= 0.6 is 11.3 Å². The summed E-state index contributed by atoms with van der Waals surface area (Å²) in [5.74, 6) is 1.12. The summed E-state index contributed by atoms with van der Waals surface area (Å²) in [6.07, 6.45) is 7.03. The van der Waals surface area contributed by atoms with E-state index in [-0.39, 0.29) is 18.1 Å². The van der Waals surface area contributed by atoms with Gasteiger partial charge in [0.05, 0.1) is 5.56 Å². The van der Waals surface area contributed by atoms with Crippen molar-refractivity contribution in [2.24, 2.45) is 17.1 Å². The van der Waals surface area contributed by atoms with Gasteiger partial charge in [-0.1, -0.05) is 33.3 Å². The number of anilines is 1. The Labute approximate surface area is 186 Å². The third kappa shape index (κ3) is 4.32. The lowest BCUT2D eigenvalue weighted by molar-refractivity contribution is -0.111. The lowest BCUT2D eigenvalue weighted by Gasteiger charge is -2.36. The van der Waals surface area contributed by atoms with Crippen molar-refractivity contribution in [1.82, 2.24) is 0 Å². The van der Waals surface area contributed by atoms with Gasteiger partial charge in [-0.3, -0.25) is 9.59 Å². The van der Waals surface area contributed by atoms with Crippen molar-refractivity contribution in [1.29, 1.82) is 0 Å². The van der Waals surface area contributed by atoms with Crippen LogP contribution in [0.2, 0.25) is 0 Å². The fraction of sp³-hybridized carbons (Fsp3) is 0.417. The Morgan fingerprint density at radius 3 is 2.81 bits per heavy atom. The molecule has 2 aromatic rings. The van der Waals surface area contributed by atoms with E-state index in [0.29, 0.717) is 28.0 Å². The second-order valence-corrected chi connectivity index (χ2v) is 9.89. The number of nitrogens with two attached hydrogens (primary N) is 1. The molecule has 1 aromatic heterocycles. The number of fused-ring (bicyclic) bond motifs is 2. The predicted molar refractivity (Wildman–Crippen MR) is 123 cm³/mol. The number of rotatable bonds is 6. The third-order valence-electron chi connectivity index (χ3n) is 6.59. The molecule has 2 amide bonds. The molecule has 0 unspecified atom stereocenters. The Bertz CT molecular complexity index is 1050. The number of amides is 2. The molecule has 7 heteroatoms. The van der Waals surface area contributed by atoms with Crippen LogP contribution in [0.5, 0.6) is 11.5 Å². The lowest BCUT2D eigenvalue weighted by atomic mass is 9.69. The molecule has 164 valence electrons. The monoisotopic (exact) mass is 440 g/mol. The first-order chi connectivity index (χ1) is 14.8. The number of carbonyl (C=O) groups is 2. The van der Waals surface area contributed by atoms with E-state index in [9.17, 15) is 9.59 Å². The van der Waals surface area contributed by atoms with Gasteiger partial charge in [-0.25, -0.2) is 0 Å². The first-order valence-corrected chi connectivity index (χ1v) is 11.4. The summed E-state index contributed by atoms with van der Waals surface area (Å²) < 4.78 is 10.7. The van der Waals surface area contributed by atoms with Crippen molar-refractivity contribution in [2.75, 3.05) is 12.1 Å². The summed E-state index contributed by atoms with van der Waals surface area (Å²) in [6.45, 7) is 7.03. The van der Waals surface area contributed by atoms with Crippen LogP contribution in [0.4, 0.5) is 5.00 Å². The van der Waals surface area contributed by atoms with Crippen molar-refractivity contribution < 1.29 is 19.1 Å². The molecular weight excluding hydrogens is 412 g/mol. The van der Waals surface area contributed by atoms with Gasteiger partial charge in [-0.05, 0) is 59.9 Å². The van der Waals surface area contributed by atoms with E-state index < -0.39 is 5.91 Å². The Balaban J connectivity index is 1.52. The number of hydrogen-bond donors (Lipinski definition) is 2. The van der Waals surface area contributed by atoms with Crippen LogP contribution in [0.15, 0.2) is 24.3 Å². The molecule has 1 atom stereocenters. The molecule has 0 saturated heterocycles. The number of thiophene rings is 1. The summed E-state index contributed by atoms with van der Waals surface area (Å²) in [4.78, 5) is 25.9. The normalized spacial score (nSPS) is 17.6. The SMILES string of the molecule is CCC(C)(C)[C@@H]1CCc2c(sc(NC(=O)/C=C/c3ccc4c(c3)OCO4)c2C(N)=O)C1. The molecule has 0 bridgehead atoms. The Kier molecular flexibility index (Phi) is 5.79. The lowest BCUT2D eigenvalue weighted by Crippen LogP contribution is -2.29. The highest BCUT2D eigenvalue weighted by atomic mass is 32.1. The molecule has 0 spiro atoms. The Morgan fingerprint density at radius 2 is 2.06 bits per heavy atom. The molecule has 1 aliphatic heterocycles. The summed E-state index contributed by atoms with van der Waals surface area (Å²) in [5, 5.41) is 3.42. The van der Waals surface area contributed by atoms with E-state index >= 15 is 0 Å². The van der Waals surface area contributed by atoms with E-state index in [4.69, 9.17) is 15.2 Å². The maximum Gasteiger partial charge on any atom is 0.251 e. The van der Waals surface area contributed by atoms with E-state index in [1.165, 1.54) is 22.3 Å². The zero-order valence-electron chi connectivity index (χ0n) is 18.1. The highest BCUT2D eigenvalue weighted by Crippen LogP contribution is 2.45. The molecule has 4 rings (SSSR count). The van der Waals surface area contributed by atoms with Gasteiger partial charge in [0.1, 0.15) is 5.00 Å². The molecule has 2 heterocycles. The fourth-order valence-electron chi connectivity index (χ4n) is 4.23. The standard InChI is InChI=1S/C24H28N2O4S/c1-4-24(2,3)15-7-8-16-19(12-15)31-23(21(16)22(25)28)26-20(27)10-6-14-5-9-17-18(11-14)30-13-29-17/h5-6,9-11,15H,4,7-8,12-13H2,1-3H3,(H2,25,28)(H,26,27)/b10-6+/t15-/m1/s1. The van der Waals surface area contributed by atoms with Crippen molar-refractivity contribution >= 4 is 34.2 Å². The maximum atomic E-state index is 12.6. The molecule has 2 aliphatic rings. The van der Waals surface area contributed by atoms with Crippen LogP contribution in [0, 0.1) is 11.3 Å². The number of hydrogen-bond acceptors (Lipinski definition) is 5. The number of carbonyl (C=O) groups excluding carboxylic acids is 2. The van der Waals surface area contributed by atoms with Gasteiger partial charge in [-0.2, -0.15) is 0 Å². The van der Waals surface area contributed by atoms with Crippen molar-refractivity contribution in [3.63, 3.8) is 0 Å². The first-order valence-electron chi connectivity index (χ1n) is 10.6. The topological polar surface area (TPSA) is 90.7 Å². The average Bonchev–Trinajstić information content (AvgIpc) is 3.35. The predicted octanol–water partition coefficient (Wildman–Crippen LogP) is 4.77. The molecule has 0 saturated carbocycles. The summed E-state index contributed by atoms with van der Waals surface area (Å²) >= 11 is 1.48. The number of primary amides is 1. The number of ether oxygens (including phenoxy) is 2. The highest BCUT2D eigenvalue weighted by molar-refractivity contribution is 7.17. The molecule has 1 aromatic carbocycles. The third-order valence-corrected chi connectivity index (χ3v) is 7.76. The highest BCUT2D eigenvalue weighted by Gasteiger charge is 2.34. The van der Waals surface area contributed by atoms with Crippen LogP contribution in [-0.2, 0) is 17.6 Å². The largest absolute Gasteiger partial charge is 0.454 e. The maximum absolute atomic E-state index is 12.6. The van der Waals surface area contributed by atoms with Gasteiger partial charge in [0, 0.05) is 11.0 Å². The zero-order chi connectivity index (χ0) is 22.2. The van der Waals surface area contributed by atoms with E-state index in [1.807, 2.05) is 18.2 Å². The second kappa shape index (κ2) is 8.38. The van der Waals surface area contributed by atoms with Crippen LogP contribution < -0.4 is 20.5 Å². The molecule has 0 fully saturated rings. The zero-order valence-corrected chi connectivity index (χ0v) is 18.9. The van der Waals surface area contributed by atoms with Crippen LogP contribution in [0.1, 0.15) is 60.0 Å². The molecule has 6 nitrogen and oxygen atoms in total. The van der Waals surface area contributed by atoms with Crippen LogP contribution in [0.25, 0.3) is 6.08 Å². The molecule has 31 heavy (non-hydrogen) atoms. The minimum atomic E-state index is -0.485. The quantitative estimate of drug-likeness (QED) is 0.633. The van der Waals surface area contributed by atoms with Crippen molar-refractivity contribution in [2.45, 2.75) is 46.5 Å². The molecule has 0 radical (unpaired) electrons. The molecule has 1 aliphatic carbocycles.